The number of hydrogen-bond donors (Lipinski definition) is 1. The molecule has 2 rings (SSSR count). The van der Waals surface area contributed by atoms with Crippen molar-refractivity contribution in [1.82, 2.24) is 4.98 Å². The van der Waals surface area contributed by atoms with Crippen LogP contribution in [0.2, 0.25) is 0 Å². The van der Waals surface area contributed by atoms with E-state index in [4.69, 9.17) is 0 Å². The topological polar surface area (TPSA) is 33.1 Å². The number of hydrogen-bond acceptors (Lipinski definition) is 3. The molecular weight excluding hydrogens is 218 g/mol. The zero-order valence-corrected chi connectivity index (χ0v) is 11.4. The van der Waals surface area contributed by atoms with Crippen LogP contribution in [0.4, 0.5) is 0 Å². The Hall–Kier alpha value is -0.410. The minimum absolute atomic E-state index is 0.264. The monoisotopic (exact) mass is 239 g/mol. The van der Waals surface area contributed by atoms with E-state index in [9.17, 15) is 5.11 Å². The Bertz CT molecular complexity index is 385. The zero-order chi connectivity index (χ0) is 12.0. The predicted octanol–water partition coefficient (Wildman–Crippen LogP) is 3.18. The van der Waals surface area contributed by atoms with Gasteiger partial charge in [0.05, 0.1) is 10.6 Å². The van der Waals surface area contributed by atoms with Crippen molar-refractivity contribution in [2.24, 2.45) is 11.3 Å². The molecule has 16 heavy (non-hydrogen) atoms. The number of aromatic nitrogens is 1. The van der Waals surface area contributed by atoms with E-state index in [0.717, 1.165) is 30.0 Å². The highest BCUT2D eigenvalue weighted by Gasteiger charge is 2.47. The summed E-state index contributed by atoms with van der Waals surface area (Å²) in [6.07, 6.45) is 2.71. The molecule has 0 saturated heterocycles. The fourth-order valence-corrected chi connectivity index (χ4v) is 3.97. The molecule has 2 atom stereocenters. The molecule has 1 aliphatic rings. The summed E-state index contributed by atoms with van der Waals surface area (Å²) in [6, 6.07) is 0. The Morgan fingerprint density at radius 3 is 2.69 bits per heavy atom. The minimum Gasteiger partial charge on any atom is -0.389 e. The second kappa shape index (κ2) is 3.81. The van der Waals surface area contributed by atoms with Crippen LogP contribution in [-0.4, -0.2) is 15.7 Å². The second-order valence-electron chi connectivity index (χ2n) is 6.11. The number of aliphatic hydroxyl groups is 1. The van der Waals surface area contributed by atoms with Crippen molar-refractivity contribution < 1.29 is 5.11 Å². The first-order valence-electron chi connectivity index (χ1n) is 5.94. The molecule has 2 nitrogen and oxygen atoms in total. The highest BCUT2D eigenvalue weighted by molar-refractivity contribution is 7.09. The van der Waals surface area contributed by atoms with Crippen molar-refractivity contribution in [3.63, 3.8) is 0 Å². The van der Waals surface area contributed by atoms with Gasteiger partial charge in [-0.1, -0.05) is 20.8 Å². The molecule has 0 bridgehead atoms. The summed E-state index contributed by atoms with van der Waals surface area (Å²) in [4.78, 5) is 4.46. The Labute approximate surface area is 102 Å². The van der Waals surface area contributed by atoms with Crippen molar-refractivity contribution in [2.45, 2.75) is 52.6 Å². The van der Waals surface area contributed by atoms with Gasteiger partial charge < -0.3 is 5.11 Å². The lowest BCUT2D eigenvalue weighted by Gasteiger charge is -2.27. The molecule has 2 unspecified atom stereocenters. The van der Waals surface area contributed by atoms with Crippen LogP contribution in [0, 0.1) is 18.3 Å². The summed E-state index contributed by atoms with van der Waals surface area (Å²) < 4.78 is 0. The predicted molar refractivity (Wildman–Crippen MR) is 67.7 cm³/mol. The van der Waals surface area contributed by atoms with E-state index >= 15 is 0 Å². The number of thiazole rings is 1. The third-order valence-corrected chi connectivity index (χ3v) is 4.65. The van der Waals surface area contributed by atoms with Crippen molar-refractivity contribution >= 4 is 11.3 Å². The van der Waals surface area contributed by atoms with Gasteiger partial charge in [-0.15, -0.1) is 11.3 Å². The second-order valence-corrected chi connectivity index (χ2v) is 7.05. The van der Waals surface area contributed by atoms with E-state index in [1.165, 1.54) is 0 Å². The van der Waals surface area contributed by atoms with Crippen molar-refractivity contribution in [2.75, 3.05) is 0 Å². The summed E-state index contributed by atoms with van der Waals surface area (Å²) in [6.45, 7) is 8.66. The van der Waals surface area contributed by atoms with Gasteiger partial charge in [0, 0.05) is 17.5 Å². The van der Waals surface area contributed by atoms with Gasteiger partial charge in [-0.2, -0.15) is 0 Å². The molecule has 1 aliphatic carbocycles. The number of aryl methyl sites for hydroxylation is 1. The van der Waals surface area contributed by atoms with E-state index in [1.807, 2.05) is 6.92 Å². The van der Waals surface area contributed by atoms with E-state index in [-0.39, 0.29) is 5.41 Å². The highest BCUT2D eigenvalue weighted by atomic mass is 32.1. The minimum atomic E-state index is -0.548. The number of nitrogens with zero attached hydrogens (tertiary/aromatic N) is 1. The highest BCUT2D eigenvalue weighted by Crippen LogP contribution is 2.48. The molecule has 1 heterocycles. The van der Waals surface area contributed by atoms with Gasteiger partial charge in [-0.3, -0.25) is 0 Å². The van der Waals surface area contributed by atoms with Crippen LogP contribution in [0.15, 0.2) is 5.38 Å². The van der Waals surface area contributed by atoms with Crippen LogP contribution >= 0.6 is 11.3 Å². The molecule has 1 aromatic rings. The normalized spacial score (nSPS) is 33.2. The molecule has 1 N–H and O–H groups in total. The average Bonchev–Trinajstić information content (AvgIpc) is 2.55. The summed E-state index contributed by atoms with van der Waals surface area (Å²) in [5.74, 6) is 0.367. The molecular formula is C13H21NOS. The number of rotatable bonds is 2. The lowest BCUT2D eigenvalue weighted by atomic mass is 9.87. The van der Waals surface area contributed by atoms with Gasteiger partial charge in [0.1, 0.15) is 0 Å². The summed E-state index contributed by atoms with van der Waals surface area (Å²) in [5, 5.41) is 13.9. The van der Waals surface area contributed by atoms with E-state index in [1.54, 1.807) is 11.3 Å². The SMILES string of the molecule is Cc1csc(CC2(O)CC(C)(C)CC2C)n1. The molecule has 90 valence electrons. The summed E-state index contributed by atoms with van der Waals surface area (Å²) in [5.41, 5.74) is 0.780. The molecule has 1 aromatic heterocycles. The maximum Gasteiger partial charge on any atom is 0.0956 e. The van der Waals surface area contributed by atoms with Gasteiger partial charge in [-0.25, -0.2) is 4.98 Å². The molecule has 0 spiro atoms. The van der Waals surface area contributed by atoms with Gasteiger partial charge in [0.25, 0.3) is 0 Å². The molecule has 1 fully saturated rings. The maximum atomic E-state index is 10.7. The van der Waals surface area contributed by atoms with Crippen molar-refractivity contribution in [3.8, 4) is 0 Å². The average molecular weight is 239 g/mol. The molecule has 3 heteroatoms. The Balaban J connectivity index is 2.14. The summed E-state index contributed by atoms with van der Waals surface area (Å²) in [7, 11) is 0. The first kappa shape index (κ1) is 12.1. The van der Waals surface area contributed by atoms with E-state index in [0.29, 0.717) is 5.92 Å². The van der Waals surface area contributed by atoms with E-state index < -0.39 is 5.60 Å². The maximum absolute atomic E-state index is 10.7. The van der Waals surface area contributed by atoms with Gasteiger partial charge in [0.2, 0.25) is 0 Å². The fourth-order valence-electron chi connectivity index (χ4n) is 3.08. The molecule has 0 aliphatic heterocycles. The quantitative estimate of drug-likeness (QED) is 0.860. The Morgan fingerprint density at radius 1 is 1.56 bits per heavy atom. The smallest absolute Gasteiger partial charge is 0.0956 e. The zero-order valence-electron chi connectivity index (χ0n) is 10.6. The Kier molecular flexibility index (Phi) is 2.87. The van der Waals surface area contributed by atoms with Gasteiger partial charge in [0.15, 0.2) is 0 Å². The lowest BCUT2D eigenvalue weighted by Crippen LogP contribution is -2.34. The first-order valence-corrected chi connectivity index (χ1v) is 6.82. The van der Waals surface area contributed by atoms with Crippen LogP contribution in [0.25, 0.3) is 0 Å². The van der Waals surface area contributed by atoms with Crippen molar-refractivity contribution in [3.05, 3.63) is 16.1 Å². The fraction of sp³-hybridized carbons (Fsp3) is 0.769. The van der Waals surface area contributed by atoms with Crippen LogP contribution in [0.3, 0.4) is 0 Å². The molecule has 1 saturated carbocycles. The standard InChI is InChI=1S/C13H21NOS/c1-9-5-12(3,4)8-13(9,15)6-11-14-10(2)7-16-11/h7,9,15H,5-6,8H2,1-4H3. The van der Waals surface area contributed by atoms with E-state index in [2.05, 4.69) is 31.1 Å². The van der Waals surface area contributed by atoms with Gasteiger partial charge in [-0.05, 0) is 31.1 Å². The third kappa shape index (κ3) is 2.30. The van der Waals surface area contributed by atoms with Crippen LogP contribution < -0.4 is 0 Å². The lowest BCUT2D eigenvalue weighted by molar-refractivity contribution is 0.00440. The first-order chi connectivity index (χ1) is 7.31. The van der Waals surface area contributed by atoms with Crippen LogP contribution in [0.5, 0.6) is 0 Å². The van der Waals surface area contributed by atoms with Crippen molar-refractivity contribution in [1.29, 1.82) is 0 Å². The largest absolute Gasteiger partial charge is 0.389 e. The molecule has 0 amide bonds. The Morgan fingerprint density at radius 2 is 2.25 bits per heavy atom. The van der Waals surface area contributed by atoms with Gasteiger partial charge >= 0.3 is 0 Å². The van der Waals surface area contributed by atoms with Crippen LogP contribution in [-0.2, 0) is 6.42 Å². The molecule has 0 aromatic carbocycles. The summed E-state index contributed by atoms with van der Waals surface area (Å²) >= 11 is 1.67. The van der Waals surface area contributed by atoms with Crippen LogP contribution in [0.1, 0.15) is 44.3 Å². The third-order valence-electron chi connectivity index (χ3n) is 3.68. The molecule has 0 radical (unpaired) electrons.